The van der Waals surface area contributed by atoms with Gasteiger partial charge in [-0.1, -0.05) is 6.07 Å². The standard InChI is InChI=1S/C17H20N2O4S/c1-22-9-8-19(11-15-3-2-10-24-15)17(21)13-4-6-14(7-5-13)23-12-16(18)20/h2-7,10H,8-9,11-12H2,1H3,(H2,18,20). The van der Waals surface area contributed by atoms with E-state index in [1.807, 2.05) is 17.5 Å². The molecule has 0 aliphatic carbocycles. The summed E-state index contributed by atoms with van der Waals surface area (Å²) in [5, 5.41) is 1.99. The molecule has 0 saturated heterocycles. The van der Waals surface area contributed by atoms with Gasteiger partial charge < -0.3 is 20.1 Å². The van der Waals surface area contributed by atoms with Crippen molar-refractivity contribution in [3.63, 3.8) is 0 Å². The molecule has 0 saturated carbocycles. The van der Waals surface area contributed by atoms with Gasteiger partial charge in [-0.2, -0.15) is 0 Å². The summed E-state index contributed by atoms with van der Waals surface area (Å²) in [6, 6.07) is 10.6. The lowest BCUT2D eigenvalue weighted by molar-refractivity contribution is -0.119. The largest absolute Gasteiger partial charge is 0.484 e. The maximum atomic E-state index is 12.7. The Morgan fingerprint density at radius 1 is 1.21 bits per heavy atom. The molecule has 0 fully saturated rings. The van der Waals surface area contributed by atoms with Crippen molar-refractivity contribution >= 4 is 23.2 Å². The number of nitrogens with two attached hydrogens (primary N) is 1. The molecule has 0 atom stereocenters. The van der Waals surface area contributed by atoms with Gasteiger partial charge in [0.15, 0.2) is 6.61 Å². The van der Waals surface area contributed by atoms with Crippen molar-refractivity contribution in [3.8, 4) is 5.75 Å². The highest BCUT2D eigenvalue weighted by molar-refractivity contribution is 7.09. The monoisotopic (exact) mass is 348 g/mol. The normalized spacial score (nSPS) is 10.4. The van der Waals surface area contributed by atoms with Crippen LogP contribution in [0.2, 0.25) is 0 Å². The van der Waals surface area contributed by atoms with Crippen molar-refractivity contribution in [1.29, 1.82) is 0 Å². The molecule has 0 aliphatic heterocycles. The first-order valence-corrected chi connectivity index (χ1v) is 8.30. The second kappa shape index (κ2) is 9.05. The minimum atomic E-state index is -0.545. The average Bonchev–Trinajstić information content (AvgIpc) is 3.09. The average molecular weight is 348 g/mol. The molecule has 0 spiro atoms. The molecular formula is C17H20N2O4S. The highest BCUT2D eigenvalue weighted by Gasteiger charge is 2.16. The summed E-state index contributed by atoms with van der Waals surface area (Å²) in [5.74, 6) is -0.134. The maximum Gasteiger partial charge on any atom is 0.255 e. The van der Waals surface area contributed by atoms with E-state index in [2.05, 4.69) is 0 Å². The zero-order valence-corrected chi connectivity index (χ0v) is 14.3. The molecule has 2 rings (SSSR count). The van der Waals surface area contributed by atoms with Crippen molar-refractivity contribution in [2.75, 3.05) is 26.9 Å². The van der Waals surface area contributed by atoms with Gasteiger partial charge in [0.05, 0.1) is 13.2 Å². The summed E-state index contributed by atoms with van der Waals surface area (Å²) in [6.07, 6.45) is 0. The highest BCUT2D eigenvalue weighted by Crippen LogP contribution is 2.17. The number of hydrogen-bond acceptors (Lipinski definition) is 5. The maximum absolute atomic E-state index is 12.7. The molecule has 24 heavy (non-hydrogen) atoms. The summed E-state index contributed by atoms with van der Waals surface area (Å²) in [6.45, 7) is 1.33. The second-order valence-electron chi connectivity index (χ2n) is 5.08. The van der Waals surface area contributed by atoms with Crippen LogP contribution in [0, 0.1) is 0 Å². The van der Waals surface area contributed by atoms with Crippen LogP contribution in [0.3, 0.4) is 0 Å². The molecular weight excluding hydrogens is 328 g/mol. The van der Waals surface area contributed by atoms with Crippen LogP contribution in [0.15, 0.2) is 41.8 Å². The fourth-order valence-corrected chi connectivity index (χ4v) is 2.79. The van der Waals surface area contributed by atoms with Gasteiger partial charge in [-0.3, -0.25) is 9.59 Å². The van der Waals surface area contributed by atoms with Gasteiger partial charge in [0.1, 0.15) is 5.75 Å². The number of nitrogens with zero attached hydrogens (tertiary/aromatic N) is 1. The van der Waals surface area contributed by atoms with E-state index in [9.17, 15) is 9.59 Å². The molecule has 128 valence electrons. The number of carbonyl (C=O) groups is 2. The third kappa shape index (κ3) is 5.36. The number of benzene rings is 1. The number of rotatable bonds is 9. The van der Waals surface area contributed by atoms with Crippen LogP contribution in [-0.2, 0) is 16.1 Å². The Balaban J connectivity index is 2.05. The lowest BCUT2D eigenvalue weighted by Crippen LogP contribution is -2.33. The molecule has 0 unspecified atom stereocenters. The highest BCUT2D eigenvalue weighted by atomic mass is 32.1. The van der Waals surface area contributed by atoms with Gasteiger partial charge in [-0.25, -0.2) is 0 Å². The number of thiophene rings is 1. The Morgan fingerprint density at radius 2 is 1.96 bits per heavy atom. The summed E-state index contributed by atoms with van der Waals surface area (Å²) in [4.78, 5) is 26.3. The van der Waals surface area contributed by atoms with Gasteiger partial charge in [-0.15, -0.1) is 11.3 Å². The molecule has 2 aromatic rings. The lowest BCUT2D eigenvalue weighted by Gasteiger charge is -2.22. The van der Waals surface area contributed by atoms with Gasteiger partial charge in [0.25, 0.3) is 11.8 Å². The first-order chi connectivity index (χ1) is 11.6. The van der Waals surface area contributed by atoms with Crippen molar-refractivity contribution in [3.05, 3.63) is 52.2 Å². The van der Waals surface area contributed by atoms with Gasteiger partial charge in [0.2, 0.25) is 0 Å². The van der Waals surface area contributed by atoms with E-state index in [1.165, 1.54) is 0 Å². The number of amides is 2. The summed E-state index contributed by atoms with van der Waals surface area (Å²) < 4.78 is 10.3. The third-order valence-electron chi connectivity index (χ3n) is 3.26. The van der Waals surface area contributed by atoms with Crippen LogP contribution >= 0.6 is 11.3 Å². The topological polar surface area (TPSA) is 81.9 Å². The van der Waals surface area contributed by atoms with E-state index in [0.29, 0.717) is 31.0 Å². The van der Waals surface area contributed by atoms with E-state index < -0.39 is 5.91 Å². The molecule has 1 heterocycles. The van der Waals surface area contributed by atoms with E-state index in [4.69, 9.17) is 15.2 Å². The predicted octanol–water partition coefficient (Wildman–Crippen LogP) is 1.90. The van der Waals surface area contributed by atoms with Crippen LogP contribution in [0.1, 0.15) is 15.2 Å². The Kier molecular flexibility index (Phi) is 6.77. The molecule has 2 N–H and O–H groups in total. The van der Waals surface area contributed by atoms with Crippen LogP contribution in [-0.4, -0.2) is 43.6 Å². The molecule has 1 aromatic heterocycles. The molecule has 0 radical (unpaired) electrons. The molecule has 7 heteroatoms. The zero-order chi connectivity index (χ0) is 17.4. The molecule has 0 aliphatic rings. The third-order valence-corrected chi connectivity index (χ3v) is 4.12. The first-order valence-electron chi connectivity index (χ1n) is 7.42. The Labute approximate surface area is 144 Å². The van der Waals surface area contributed by atoms with Crippen molar-refractivity contribution in [2.45, 2.75) is 6.54 Å². The van der Waals surface area contributed by atoms with E-state index in [-0.39, 0.29) is 12.5 Å². The quantitative estimate of drug-likeness (QED) is 0.750. The van der Waals surface area contributed by atoms with Crippen molar-refractivity contribution in [2.24, 2.45) is 5.73 Å². The smallest absolute Gasteiger partial charge is 0.255 e. The van der Waals surface area contributed by atoms with Crippen molar-refractivity contribution < 1.29 is 19.1 Å². The fourth-order valence-electron chi connectivity index (χ4n) is 2.08. The summed E-state index contributed by atoms with van der Waals surface area (Å²) in [5.41, 5.74) is 5.58. The van der Waals surface area contributed by atoms with E-state index in [0.717, 1.165) is 4.88 Å². The lowest BCUT2D eigenvalue weighted by atomic mass is 10.2. The summed E-state index contributed by atoms with van der Waals surface area (Å²) >= 11 is 1.61. The molecule has 1 aromatic carbocycles. The Hall–Kier alpha value is -2.38. The number of hydrogen-bond donors (Lipinski definition) is 1. The molecule has 2 amide bonds. The SMILES string of the molecule is COCCN(Cc1cccs1)C(=O)c1ccc(OCC(N)=O)cc1. The van der Waals surface area contributed by atoms with Crippen LogP contribution in [0.4, 0.5) is 0 Å². The Morgan fingerprint density at radius 3 is 2.54 bits per heavy atom. The fraction of sp³-hybridized carbons (Fsp3) is 0.294. The van der Waals surface area contributed by atoms with Gasteiger partial charge >= 0.3 is 0 Å². The van der Waals surface area contributed by atoms with Crippen LogP contribution in [0.25, 0.3) is 0 Å². The summed E-state index contributed by atoms with van der Waals surface area (Å²) in [7, 11) is 1.61. The van der Waals surface area contributed by atoms with E-state index >= 15 is 0 Å². The van der Waals surface area contributed by atoms with Crippen LogP contribution < -0.4 is 10.5 Å². The van der Waals surface area contributed by atoms with Gasteiger partial charge in [-0.05, 0) is 35.7 Å². The first kappa shape index (κ1) is 18.0. The van der Waals surface area contributed by atoms with Crippen LogP contribution in [0.5, 0.6) is 5.75 Å². The molecule has 0 bridgehead atoms. The minimum Gasteiger partial charge on any atom is -0.484 e. The van der Waals surface area contributed by atoms with Crippen molar-refractivity contribution in [1.82, 2.24) is 4.90 Å². The number of primary amides is 1. The van der Waals surface area contributed by atoms with Gasteiger partial charge in [0, 0.05) is 24.1 Å². The Bertz CT molecular complexity index is 656. The number of methoxy groups -OCH3 is 1. The number of carbonyl (C=O) groups excluding carboxylic acids is 2. The zero-order valence-electron chi connectivity index (χ0n) is 13.4. The van der Waals surface area contributed by atoms with E-state index in [1.54, 1.807) is 47.6 Å². The second-order valence-corrected chi connectivity index (χ2v) is 6.11. The predicted molar refractivity (Wildman–Crippen MR) is 92.1 cm³/mol. The minimum absolute atomic E-state index is 0.0816. The number of ether oxygens (including phenoxy) is 2. The molecule has 6 nitrogen and oxygen atoms in total.